The number of hydrogen-bond donors (Lipinski definition) is 2. The van der Waals surface area contributed by atoms with Crippen LogP contribution in [-0.4, -0.2) is 36.7 Å². The van der Waals surface area contributed by atoms with E-state index in [9.17, 15) is 14.7 Å². The van der Waals surface area contributed by atoms with Gasteiger partial charge in [-0.3, -0.25) is 9.59 Å². The van der Waals surface area contributed by atoms with Gasteiger partial charge in [0.1, 0.15) is 0 Å². The van der Waals surface area contributed by atoms with E-state index in [2.05, 4.69) is 5.32 Å². The first-order chi connectivity index (χ1) is 11.5. The number of ether oxygens (including phenoxy) is 1. The minimum absolute atomic E-state index is 0.143. The highest BCUT2D eigenvalue weighted by atomic mass is 35.5. The number of halogens is 1. The molecule has 2 N–H and O–H groups in total. The summed E-state index contributed by atoms with van der Waals surface area (Å²) >= 11 is 6.10. The van der Waals surface area contributed by atoms with Crippen molar-refractivity contribution in [2.24, 2.45) is 5.92 Å². The lowest BCUT2D eigenvalue weighted by atomic mass is 9.73. The Bertz CT molecular complexity index is 584. The van der Waals surface area contributed by atoms with Crippen molar-refractivity contribution in [1.82, 2.24) is 5.32 Å². The van der Waals surface area contributed by atoms with Gasteiger partial charge >= 0.3 is 5.97 Å². The fraction of sp³-hybridized carbons (Fsp3) is 0.556. The van der Waals surface area contributed by atoms with E-state index in [1.807, 2.05) is 25.1 Å². The SMILES string of the molecule is CCCC(CNC(=O)C1(c2cccc(Cl)c2)CCOCC1)C(=O)O. The van der Waals surface area contributed by atoms with Crippen molar-refractivity contribution in [3.63, 3.8) is 0 Å². The van der Waals surface area contributed by atoms with Crippen molar-refractivity contribution in [1.29, 1.82) is 0 Å². The normalized spacial score (nSPS) is 17.9. The molecule has 5 nitrogen and oxygen atoms in total. The first-order valence-electron chi connectivity index (χ1n) is 8.34. The third-order valence-electron chi connectivity index (χ3n) is 4.65. The van der Waals surface area contributed by atoms with Gasteiger partial charge < -0.3 is 15.2 Å². The maximum atomic E-state index is 13.0. The quantitative estimate of drug-likeness (QED) is 0.790. The van der Waals surface area contributed by atoms with Crippen LogP contribution in [0.3, 0.4) is 0 Å². The summed E-state index contributed by atoms with van der Waals surface area (Å²) < 4.78 is 5.42. The summed E-state index contributed by atoms with van der Waals surface area (Å²) in [5.74, 6) is -1.58. The Morgan fingerprint density at radius 1 is 1.38 bits per heavy atom. The van der Waals surface area contributed by atoms with Crippen LogP contribution < -0.4 is 5.32 Å². The third-order valence-corrected chi connectivity index (χ3v) is 4.89. The van der Waals surface area contributed by atoms with Crippen molar-refractivity contribution in [2.45, 2.75) is 38.0 Å². The van der Waals surface area contributed by atoms with Crippen molar-refractivity contribution >= 4 is 23.5 Å². The number of carbonyl (C=O) groups is 2. The molecule has 1 heterocycles. The fourth-order valence-electron chi connectivity index (χ4n) is 3.20. The molecule has 0 radical (unpaired) electrons. The Hall–Kier alpha value is -1.59. The van der Waals surface area contributed by atoms with E-state index in [1.165, 1.54) is 0 Å². The van der Waals surface area contributed by atoms with Gasteiger partial charge in [0, 0.05) is 24.8 Å². The third kappa shape index (κ3) is 4.28. The van der Waals surface area contributed by atoms with Crippen LogP contribution in [0.4, 0.5) is 0 Å². The summed E-state index contributed by atoms with van der Waals surface area (Å²) in [7, 11) is 0. The van der Waals surface area contributed by atoms with Gasteiger partial charge in [-0.2, -0.15) is 0 Å². The largest absolute Gasteiger partial charge is 0.481 e. The summed E-state index contributed by atoms with van der Waals surface area (Å²) in [5, 5.41) is 12.7. The lowest BCUT2D eigenvalue weighted by molar-refractivity contribution is -0.142. The van der Waals surface area contributed by atoms with Crippen molar-refractivity contribution in [3.8, 4) is 0 Å². The minimum atomic E-state index is -0.874. The summed E-state index contributed by atoms with van der Waals surface area (Å²) in [6, 6.07) is 7.32. The second-order valence-electron chi connectivity index (χ2n) is 6.24. The number of hydrogen-bond acceptors (Lipinski definition) is 3. The summed E-state index contributed by atoms with van der Waals surface area (Å²) in [4.78, 5) is 24.2. The van der Waals surface area contributed by atoms with E-state index in [4.69, 9.17) is 16.3 Å². The Kier molecular flexibility index (Phi) is 6.63. The molecule has 6 heteroatoms. The van der Waals surface area contributed by atoms with E-state index < -0.39 is 17.3 Å². The van der Waals surface area contributed by atoms with E-state index >= 15 is 0 Å². The van der Waals surface area contributed by atoms with Gasteiger partial charge in [-0.25, -0.2) is 0 Å². The van der Waals surface area contributed by atoms with Crippen molar-refractivity contribution < 1.29 is 19.4 Å². The average molecular weight is 354 g/mol. The average Bonchev–Trinajstić information content (AvgIpc) is 2.58. The molecule has 0 bridgehead atoms. The van der Waals surface area contributed by atoms with E-state index in [1.54, 1.807) is 6.07 Å². The van der Waals surface area contributed by atoms with Crippen LogP contribution in [-0.2, 0) is 19.7 Å². The molecule has 1 aromatic rings. The summed E-state index contributed by atoms with van der Waals surface area (Å²) in [6.07, 6.45) is 2.43. The highest BCUT2D eigenvalue weighted by molar-refractivity contribution is 6.30. The van der Waals surface area contributed by atoms with Crippen molar-refractivity contribution in [2.75, 3.05) is 19.8 Å². The highest BCUT2D eigenvalue weighted by Gasteiger charge is 2.42. The lowest BCUT2D eigenvalue weighted by Crippen LogP contribution is -2.49. The molecule has 1 fully saturated rings. The Labute approximate surface area is 147 Å². The highest BCUT2D eigenvalue weighted by Crippen LogP contribution is 2.36. The van der Waals surface area contributed by atoms with E-state index in [0.29, 0.717) is 37.5 Å². The van der Waals surface area contributed by atoms with E-state index in [0.717, 1.165) is 12.0 Å². The number of carbonyl (C=O) groups excluding carboxylic acids is 1. The Balaban J connectivity index is 2.18. The van der Waals surface area contributed by atoms with Gasteiger partial charge in [-0.1, -0.05) is 37.1 Å². The molecule has 0 spiro atoms. The molecule has 1 aliphatic heterocycles. The molecule has 0 aliphatic carbocycles. The first kappa shape index (κ1) is 18.7. The second kappa shape index (κ2) is 8.49. The van der Waals surface area contributed by atoms with Gasteiger partial charge in [0.05, 0.1) is 11.3 Å². The van der Waals surface area contributed by atoms with Crippen LogP contribution >= 0.6 is 11.6 Å². The predicted octanol–water partition coefficient (Wildman–Crippen LogP) is 3.01. The van der Waals surface area contributed by atoms with E-state index in [-0.39, 0.29) is 12.5 Å². The van der Waals surface area contributed by atoms with Crippen LogP contribution in [0.2, 0.25) is 5.02 Å². The molecular formula is C18H24ClNO4. The molecule has 0 saturated carbocycles. The zero-order valence-corrected chi connectivity index (χ0v) is 14.6. The van der Waals surface area contributed by atoms with Crippen LogP contribution in [0.5, 0.6) is 0 Å². The number of nitrogens with one attached hydrogen (secondary N) is 1. The number of benzene rings is 1. The number of aliphatic carboxylic acids is 1. The second-order valence-corrected chi connectivity index (χ2v) is 6.68. The molecular weight excluding hydrogens is 330 g/mol. The molecule has 0 aromatic heterocycles. The Morgan fingerprint density at radius 2 is 2.08 bits per heavy atom. The van der Waals surface area contributed by atoms with Gasteiger partial charge in [0.2, 0.25) is 5.91 Å². The monoisotopic (exact) mass is 353 g/mol. The van der Waals surface area contributed by atoms with Crippen LogP contribution in [0.25, 0.3) is 0 Å². The van der Waals surface area contributed by atoms with Crippen LogP contribution in [0.1, 0.15) is 38.2 Å². The van der Waals surface area contributed by atoms with Gasteiger partial charge in [-0.05, 0) is 37.0 Å². The van der Waals surface area contributed by atoms with Crippen LogP contribution in [0.15, 0.2) is 24.3 Å². The molecule has 1 amide bonds. The molecule has 1 unspecified atom stereocenters. The fourth-order valence-corrected chi connectivity index (χ4v) is 3.39. The molecule has 24 heavy (non-hydrogen) atoms. The molecule has 1 aliphatic rings. The predicted molar refractivity (Wildman–Crippen MR) is 92.2 cm³/mol. The minimum Gasteiger partial charge on any atom is -0.481 e. The van der Waals surface area contributed by atoms with Gasteiger partial charge in [0.25, 0.3) is 0 Å². The summed E-state index contributed by atoms with van der Waals surface area (Å²) in [5.41, 5.74) is 0.150. The number of carboxylic acids is 1. The summed E-state index contributed by atoms with van der Waals surface area (Å²) in [6.45, 7) is 3.07. The number of amides is 1. The number of rotatable bonds is 7. The standard InChI is InChI=1S/C18H24ClNO4/c1-2-4-13(16(21)22)12-20-17(23)18(7-9-24-10-8-18)14-5-3-6-15(19)11-14/h3,5-6,11,13H,2,4,7-10,12H2,1H3,(H,20,23)(H,21,22). The van der Waals surface area contributed by atoms with Crippen molar-refractivity contribution in [3.05, 3.63) is 34.9 Å². The Morgan fingerprint density at radius 3 is 2.67 bits per heavy atom. The lowest BCUT2D eigenvalue weighted by Gasteiger charge is -2.36. The first-order valence-corrected chi connectivity index (χ1v) is 8.72. The molecule has 1 atom stereocenters. The number of carboxylic acid groups (broad SMARTS) is 1. The topological polar surface area (TPSA) is 75.6 Å². The zero-order chi connectivity index (χ0) is 17.6. The maximum Gasteiger partial charge on any atom is 0.308 e. The molecule has 132 valence electrons. The van der Waals surface area contributed by atoms with Gasteiger partial charge in [-0.15, -0.1) is 0 Å². The smallest absolute Gasteiger partial charge is 0.308 e. The van der Waals surface area contributed by atoms with Gasteiger partial charge in [0.15, 0.2) is 0 Å². The molecule has 1 aromatic carbocycles. The van der Waals surface area contributed by atoms with Crippen LogP contribution in [0, 0.1) is 5.92 Å². The molecule has 1 saturated heterocycles. The zero-order valence-electron chi connectivity index (χ0n) is 13.9. The molecule has 2 rings (SSSR count). The maximum absolute atomic E-state index is 13.0.